The van der Waals surface area contributed by atoms with Crippen LogP contribution in [0.2, 0.25) is 0 Å². The highest BCUT2D eigenvalue weighted by atomic mass is 32.2. The fraction of sp³-hybridized carbons (Fsp3) is 0.0870. The van der Waals surface area contributed by atoms with Crippen molar-refractivity contribution < 1.29 is 9.15 Å². The van der Waals surface area contributed by atoms with E-state index in [1.165, 1.54) is 38.4 Å². The fourth-order valence-corrected chi connectivity index (χ4v) is 9.80. The maximum absolute atomic E-state index is 6.61. The second kappa shape index (κ2) is 11.3. The standard InChI is InChI=1S/C46H32N2O2S/c1-2-10-29(11-3-1)30-18-20-31(21-19-30)47(34-26-27-41-38(28-34)35-12-4-7-15-39(35)49-41)32-22-24-33(25-23-32)48-43-36-13-5-8-16-40(36)50-45(43)46-44(48)37-14-6-9-17-42(37)51-46/h1-26,28,41,44,46H,27H2. The molecule has 7 aromatic rings. The number of hydrogen-bond donors (Lipinski definition) is 0. The van der Waals surface area contributed by atoms with Crippen LogP contribution in [-0.2, 0) is 0 Å². The molecule has 4 nitrogen and oxygen atoms in total. The molecule has 0 saturated carbocycles. The second-order valence-electron chi connectivity index (χ2n) is 13.5. The van der Waals surface area contributed by atoms with Gasteiger partial charge in [-0.1, -0.05) is 97.1 Å². The molecule has 3 atom stereocenters. The highest BCUT2D eigenvalue weighted by Gasteiger charge is 2.49. The number of benzene rings is 6. The zero-order valence-electron chi connectivity index (χ0n) is 27.6. The topological polar surface area (TPSA) is 28.9 Å². The first-order valence-electron chi connectivity index (χ1n) is 17.6. The molecule has 4 heterocycles. The molecule has 0 radical (unpaired) electrons. The number of para-hydroxylation sites is 2. The van der Waals surface area contributed by atoms with Gasteiger partial charge in [0.1, 0.15) is 23.2 Å². The maximum atomic E-state index is 6.61. The van der Waals surface area contributed by atoms with E-state index in [2.05, 4.69) is 168 Å². The van der Waals surface area contributed by atoms with E-state index in [0.29, 0.717) is 0 Å². The Labute approximate surface area is 300 Å². The normalized spacial score (nSPS) is 19.4. The molecule has 0 amide bonds. The number of nitrogens with zero attached hydrogens (tertiary/aromatic N) is 2. The molecule has 0 spiro atoms. The van der Waals surface area contributed by atoms with Crippen molar-refractivity contribution in [2.75, 3.05) is 9.80 Å². The molecular weight excluding hydrogens is 645 g/mol. The number of hydrogen-bond acceptors (Lipinski definition) is 5. The molecule has 0 N–H and O–H groups in total. The van der Waals surface area contributed by atoms with Gasteiger partial charge in [0.2, 0.25) is 0 Å². The van der Waals surface area contributed by atoms with Gasteiger partial charge < -0.3 is 19.0 Å². The maximum Gasteiger partial charge on any atom is 0.144 e. The molecule has 51 heavy (non-hydrogen) atoms. The third-order valence-corrected chi connectivity index (χ3v) is 12.0. The first-order valence-corrected chi connectivity index (χ1v) is 18.5. The molecule has 0 bridgehead atoms. The number of allylic oxidation sites excluding steroid dienone is 1. The summed E-state index contributed by atoms with van der Waals surface area (Å²) in [5.41, 5.74) is 12.8. The third-order valence-electron chi connectivity index (χ3n) is 10.7. The Morgan fingerprint density at radius 1 is 0.667 bits per heavy atom. The summed E-state index contributed by atoms with van der Waals surface area (Å²) in [5.74, 6) is 2.03. The lowest BCUT2D eigenvalue weighted by Gasteiger charge is -2.31. The molecule has 6 aromatic carbocycles. The molecular formula is C46H32N2O2S. The third kappa shape index (κ3) is 4.48. The lowest BCUT2D eigenvalue weighted by molar-refractivity contribution is 0.278. The quantitative estimate of drug-likeness (QED) is 0.181. The van der Waals surface area contributed by atoms with Crippen molar-refractivity contribution in [2.45, 2.75) is 28.7 Å². The summed E-state index contributed by atoms with van der Waals surface area (Å²) in [6.45, 7) is 0. The van der Waals surface area contributed by atoms with E-state index in [1.54, 1.807) is 0 Å². The van der Waals surface area contributed by atoms with E-state index < -0.39 is 0 Å². The van der Waals surface area contributed by atoms with Crippen LogP contribution in [0.4, 0.5) is 22.7 Å². The van der Waals surface area contributed by atoms with Gasteiger partial charge in [-0.25, -0.2) is 0 Å². The van der Waals surface area contributed by atoms with Gasteiger partial charge in [-0.2, -0.15) is 0 Å². The van der Waals surface area contributed by atoms with E-state index in [0.717, 1.165) is 51.7 Å². The van der Waals surface area contributed by atoms with E-state index in [4.69, 9.17) is 9.15 Å². The summed E-state index contributed by atoms with van der Waals surface area (Å²) in [6.07, 6.45) is 5.50. The van der Waals surface area contributed by atoms with Gasteiger partial charge >= 0.3 is 0 Å². The molecule has 0 saturated heterocycles. The Bertz CT molecular complexity index is 2530. The number of furan rings is 1. The van der Waals surface area contributed by atoms with Crippen LogP contribution >= 0.6 is 11.8 Å². The zero-order valence-corrected chi connectivity index (χ0v) is 28.5. The number of anilines is 4. The van der Waals surface area contributed by atoms with Gasteiger partial charge in [0.15, 0.2) is 0 Å². The first kappa shape index (κ1) is 28.9. The van der Waals surface area contributed by atoms with Crippen molar-refractivity contribution in [1.29, 1.82) is 0 Å². The van der Waals surface area contributed by atoms with Crippen LogP contribution in [0.25, 0.3) is 27.7 Å². The monoisotopic (exact) mass is 676 g/mol. The first-order chi connectivity index (χ1) is 25.3. The molecule has 4 aliphatic rings. The van der Waals surface area contributed by atoms with Crippen molar-refractivity contribution in [3.8, 4) is 16.9 Å². The Morgan fingerprint density at radius 2 is 1.37 bits per heavy atom. The van der Waals surface area contributed by atoms with Gasteiger partial charge in [0, 0.05) is 50.6 Å². The minimum Gasteiger partial charge on any atom is -0.485 e. The largest absolute Gasteiger partial charge is 0.485 e. The lowest BCUT2D eigenvalue weighted by Crippen LogP contribution is -2.22. The van der Waals surface area contributed by atoms with Crippen LogP contribution in [0.15, 0.2) is 179 Å². The van der Waals surface area contributed by atoms with E-state index in [-0.39, 0.29) is 17.4 Å². The number of ether oxygens (including phenoxy) is 1. The highest BCUT2D eigenvalue weighted by molar-refractivity contribution is 8.00. The van der Waals surface area contributed by atoms with Crippen LogP contribution < -0.4 is 14.5 Å². The second-order valence-corrected chi connectivity index (χ2v) is 14.7. The van der Waals surface area contributed by atoms with Gasteiger partial charge in [-0.15, -0.1) is 11.8 Å². The molecule has 5 heteroatoms. The predicted molar refractivity (Wildman–Crippen MR) is 208 cm³/mol. The SMILES string of the molecule is C1=C2c3ccccc3OC2CC=C1N(c1ccc(-c2ccccc2)cc1)c1ccc(N2c3c(oc4ccccc34)C3Sc4ccccc4C32)cc1. The minimum absolute atomic E-state index is 0.0464. The average molecular weight is 677 g/mol. The molecule has 1 aromatic heterocycles. The molecule has 11 rings (SSSR count). The van der Waals surface area contributed by atoms with Crippen LogP contribution in [-0.4, -0.2) is 6.10 Å². The predicted octanol–water partition coefficient (Wildman–Crippen LogP) is 12.4. The summed E-state index contributed by atoms with van der Waals surface area (Å²) in [5, 5.41) is 1.37. The highest BCUT2D eigenvalue weighted by Crippen LogP contribution is 2.66. The van der Waals surface area contributed by atoms with Gasteiger partial charge in [0.25, 0.3) is 0 Å². The van der Waals surface area contributed by atoms with Crippen LogP contribution in [0.5, 0.6) is 5.75 Å². The summed E-state index contributed by atoms with van der Waals surface area (Å²) in [4.78, 5) is 6.24. The van der Waals surface area contributed by atoms with Crippen LogP contribution in [0.1, 0.15) is 34.6 Å². The molecule has 3 unspecified atom stereocenters. The van der Waals surface area contributed by atoms with E-state index in [9.17, 15) is 0 Å². The Kier molecular flexibility index (Phi) is 6.40. The zero-order chi connectivity index (χ0) is 33.5. The molecule has 0 fully saturated rings. The summed E-state index contributed by atoms with van der Waals surface area (Å²) in [7, 11) is 0. The Balaban J connectivity index is 1.02. The fourth-order valence-electron chi connectivity index (χ4n) is 8.38. The van der Waals surface area contributed by atoms with Crippen molar-refractivity contribution >= 4 is 51.1 Å². The Morgan fingerprint density at radius 3 is 2.24 bits per heavy atom. The lowest BCUT2D eigenvalue weighted by atomic mass is 9.94. The van der Waals surface area contributed by atoms with Crippen molar-refractivity contribution in [3.05, 3.63) is 186 Å². The van der Waals surface area contributed by atoms with Gasteiger partial charge in [-0.3, -0.25) is 0 Å². The summed E-state index contributed by atoms with van der Waals surface area (Å²) in [6, 6.07) is 54.5. The average Bonchev–Trinajstić information content (AvgIpc) is 3.94. The number of fused-ring (bicyclic) bond motifs is 10. The number of thioether (sulfide) groups is 1. The van der Waals surface area contributed by atoms with Crippen molar-refractivity contribution in [1.82, 2.24) is 0 Å². The summed E-state index contributed by atoms with van der Waals surface area (Å²) >= 11 is 1.92. The number of rotatable bonds is 5. The van der Waals surface area contributed by atoms with Crippen LogP contribution in [0, 0.1) is 0 Å². The summed E-state index contributed by atoms with van der Waals surface area (Å²) < 4.78 is 13.0. The van der Waals surface area contributed by atoms with Gasteiger partial charge in [-0.05, 0) is 83.4 Å². The van der Waals surface area contributed by atoms with Crippen LogP contribution in [0.3, 0.4) is 0 Å². The Hall–Kier alpha value is -5.91. The minimum atomic E-state index is 0.0464. The van der Waals surface area contributed by atoms with E-state index in [1.807, 2.05) is 17.8 Å². The molecule has 244 valence electrons. The smallest absolute Gasteiger partial charge is 0.144 e. The van der Waals surface area contributed by atoms with Crippen molar-refractivity contribution in [2.24, 2.45) is 0 Å². The van der Waals surface area contributed by atoms with Crippen molar-refractivity contribution in [3.63, 3.8) is 0 Å². The van der Waals surface area contributed by atoms with E-state index >= 15 is 0 Å². The molecule has 3 aliphatic heterocycles. The molecule has 1 aliphatic carbocycles. The van der Waals surface area contributed by atoms with Gasteiger partial charge in [0.05, 0.1) is 17.0 Å².